The molecule has 0 saturated carbocycles. The molecule has 0 aromatic heterocycles. The van der Waals surface area contributed by atoms with Crippen molar-refractivity contribution in [3.05, 3.63) is 0 Å². The number of carbonyl (C=O) groups is 2. The normalized spacial score (nSPS) is 11.7. The molecule has 0 radical (unpaired) electrons. The second-order valence-electron chi connectivity index (χ2n) is 3.19. The summed E-state index contributed by atoms with van der Waals surface area (Å²) >= 11 is 0. The second-order valence-corrected chi connectivity index (χ2v) is 3.19. The lowest BCUT2D eigenvalue weighted by molar-refractivity contribution is -0.141. The number of urea groups is 1. The zero-order valence-electron chi connectivity index (χ0n) is 10.0. The standard InChI is InChI=1S/C10H20N2O4/c1-4-8(7-15-3)12-10(14)11-6-9(13)16-5-2/h8H,4-7H2,1-3H3,(H2,11,12,14). The fourth-order valence-corrected chi connectivity index (χ4v) is 1.06. The summed E-state index contributed by atoms with van der Waals surface area (Å²) in [6.07, 6.45) is 0.765. The number of nitrogens with one attached hydrogen (secondary N) is 2. The molecule has 0 aliphatic rings. The summed E-state index contributed by atoms with van der Waals surface area (Å²) in [6.45, 7) is 4.29. The third kappa shape index (κ3) is 7.05. The Kier molecular flexibility index (Phi) is 8.24. The highest BCUT2D eigenvalue weighted by Gasteiger charge is 2.10. The van der Waals surface area contributed by atoms with Gasteiger partial charge in [-0.25, -0.2) is 4.79 Å². The maximum atomic E-state index is 11.3. The fraction of sp³-hybridized carbons (Fsp3) is 0.800. The van der Waals surface area contributed by atoms with Gasteiger partial charge in [-0.05, 0) is 13.3 Å². The molecular formula is C10H20N2O4. The van der Waals surface area contributed by atoms with Gasteiger partial charge < -0.3 is 20.1 Å². The van der Waals surface area contributed by atoms with Crippen molar-refractivity contribution in [2.75, 3.05) is 26.9 Å². The van der Waals surface area contributed by atoms with Crippen LogP contribution < -0.4 is 10.6 Å². The first-order valence-corrected chi connectivity index (χ1v) is 5.32. The maximum Gasteiger partial charge on any atom is 0.325 e. The average molecular weight is 232 g/mol. The lowest BCUT2D eigenvalue weighted by atomic mass is 10.2. The van der Waals surface area contributed by atoms with Crippen LogP contribution in [0.15, 0.2) is 0 Å². The third-order valence-corrected chi connectivity index (χ3v) is 1.89. The molecule has 0 bridgehead atoms. The van der Waals surface area contributed by atoms with E-state index in [1.807, 2.05) is 6.92 Å². The molecule has 0 aliphatic carbocycles. The quantitative estimate of drug-likeness (QED) is 0.618. The largest absolute Gasteiger partial charge is 0.465 e. The van der Waals surface area contributed by atoms with Crippen LogP contribution in [0.2, 0.25) is 0 Å². The number of esters is 1. The van der Waals surface area contributed by atoms with Gasteiger partial charge in [0.05, 0.1) is 19.3 Å². The minimum absolute atomic E-state index is 0.0489. The van der Waals surface area contributed by atoms with Crippen molar-refractivity contribution in [2.45, 2.75) is 26.3 Å². The summed E-state index contributed by atoms with van der Waals surface area (Å²) in [4.78, 5) is 22.2. The van der Waals surface area contributed by atoms with Gasteiger partial charge in [-0.15, -0.1) is 0 Å². The van der Waals surface area contributed by atoms with E-state index in [1.165, 1.54) is 0 Å². The van der Waals surface area contributed by atoms with Gasteiger partial charge in [0.1, 0.15) is 6.54 Å². The van der Waals surface area contributed by atoms with Gasteiger partial charge in [-0.1, -0.05) is 6.92 Å². The van der Waals surface area contributed by atoms with Crippen LogP contribution in [0.25, 0.3) is 0 Å². The average Bonchev–Trinajstić information content (AvgIpc) is 2.26. The van der Waals surface area contributed by atoms with Gasteiger partial charge in [0.2, 0.25) is 0 Å². The van der Waals surface area contributed by atoms with Crippen LogP contribution in [0.1, 0.15) is 20.3 Å². The molecule has 6 nitrogen and oxygen atoms in total. The Labute approximate surface area is 95.7 Å². The Hall–Kier alpha value is -1.30. The molecule has 0 spiro atoms. The Bertz CT molecular complexity index is 221. The van der Waals surface area contributed by atoms with Crippen molar-refractivity contribution in [3.8, 4) is 0 Å². The molecule has 1 unspecified atom stereocenters. The van der Waals surface area contributed by atoms with Crippen molar-refractivity contribution in [3.63, 3.8) is 0 Å². The molecular weight excluding hydrogens is 212 g/mol. The number of rotatable bonds is 7. The van der Waals surface area contributed by atoms with Crippen molar-refractivity contribution in [2.24, 2.45) is 0 Å². The maximum absolute atomic E-state index is 11.3. The highest BCUT2D eigenvalue weighted by atomic mass is 16.5. The monoisotopic (exact) mass is 232 g/mol. The van der Waals surface area contributed by atoms with Crippen LogP contribution in [0, 0.1) is 0 Å². The first kappa shape index (κ1) is 14.7. The van der Waals surface area contributed by atoms with Gasteiger partial charge in [-0.2, -0.15) is 0 Å². The Morgan fingerprint density at radius 2 is 2.00 bits per heavy atom. The van der Waals surface area contributed by atoms with E-state index in [0.717, 1.165) is 6.42 Å². The zero-order valence-corrected chi connectivity index (χ0v) is 10.0. The Balaban J connectivity index is 3.75. The van der Waals surface area contributed by atoms with Gasteiger partial charge in [-0.3, -0.25) is 4.79 Å². The van der Waals surface area contributed by atoms with Crippen LogP contribution in [0.5, 0.6) is 0 Å². The number of ether oxygens (including phenoxy) is 2. The van der Waals surface area contributed by atoms with Crippen molar-refractivity contribution >= 4 is 12.0 Å². The van der Waals surface area contributed by atoms with E-state index in [2.05, 4.69) is 15.4 Å². The molecule has 0 saturated heterocycles. The molecule has 1 atom stereocenters. The van der Waals surface area contributed by atoms with E-state index in [1.54, 1.807) is 14.0 Å². The molecule has 94 valence electrons. The first-order valence-electron chi connectivity index (χ1n) is 5.32. The van der Waals surface area contributed by atoms with Crippen LogP contribution >= 0.6 is 0 Å². The van der Waals surface area contributed by atoms with Crippen molar-refractivity contribution in [1.82, 2.24) is 10.6 Å². The fourth-order valence-electron chi connectivity index (χ4n) is 1.06. The number of carbonyl (C=O) groups excluding carboxylic acids is 2. The molecule has 6 heteroatoms. The van der Waals surface area contributed by atoms with Gasteiger partial charge in [0.15, 0.2) is 0 Å². The number of methoxy groups -OCH3 is 1. The van der Waals surface area contributed by atoms with E-state index in [-0.39, 0.29) is 12.6 Å². The molecule has 0 heterocycles. The Morgan fingerprint density at radius 3 is 2.50 bits per heavy atom. The molecule has 0 rings (SSSR count). The van der Waals surface area contributed by atoms with Gasteiger partial charge in [0, 0.05) is 7.11 Å². The predicted molar refractivity (Wildman–Crippen MR) is 59.1 cm³/mol. The van der Waals surface area contributed by atoms with E-state index in [4.69, 9.17) is 4.74 Å². The van der Waals surface area contributed by atoms with E-state index < -0.39 is 12.0 Å². The van der Waals surface area contributed by atoms with Crippen LogP contribution in [0.3, 0.4) is 0 Å². The summed E-state index contributed by atoms with van der Waals surface area (Å²) < 4.78 is 9.59. The van der Waals surface area contributed by atoms with E-state index >= 15 is 0 Å². The minimum atomic E-state index is -0.447. The lowest BCUT2D eigenvalue weighted by Gasteiger charge is -2.16. The molecule has 2 amide bonds. The molecule has 0 aliphatic heterocycles. The summed E-state index contributed by atoms with van der Waals surface area (Å²) in [6, 6.07) is -0.441. The predicted octanol–water partition coefficient (Wildman–Crippen LogP) is 0.274. The summed E-state index contributed by atoms with van der Waals surface area (Å²) in [7, 11) is 1.57. The van der Waals surface area contributed by atoms with Crippen LogP contribution in [-0.4, -0.2) is 44.9 Å². The number of amides is 2. The molecule has 0 fully saturated rings. The van der Waals surface area contributed by atoms with Gasteiger partial charge in [0.25, 0.3) is 0 Å². The highest BCUT2D eigenvalue weighted by Crippen LogP contribution is 1.90. The van der Waals surface area contributed by atoms with E-state index in [9.17, 15) is 9.59 Å². The van der Waals surface area contributed by atoms with Crippen LogP contribution in [-0.2, 0) is 14.3 Å². The van der Waals surface area contributed by atoms with Gasteiger partial charge >= 0.3 is 12.0 Å². The summed E-state index contributed by atoms with van der Waals surface area (Å²) in [5, 5.41) is 5.09. The topological polar surface area (TPSA) is 76.7 Å². The molecule has 0 aromatic rings. The minimum Gasteiger partial charge on any atom is -0.465 e. The lowest BCUT2D eigenvalue weighted by Crippen LogP contribution is -2.45. The smallest absolute Gasteiger partial charge is 0.325 e. The Morgan fingerprint density at radius 1 is 1.31 bits per heavy atom. The number of hydrogen-bond acceptors (Lipinski definition) is 4. The number of hydrogen-bond donors (Lipinski definition) is 2. The van der Waals surface area contributed by atoms with Crippen molar-refractivity contribution < 1.29 is 19.1 Å². The van der Waals surface area contributed by atoms with E-state index in [0.29, 0.717) is 13.2 Å². The zero-order chi connectivity index (χ0) is 12.4. The molecule has 2 N–H and O–H groups in total. The third-order valence-electron chi connectivity index (χ3n) is 1.89. The SMILES string of the molecule is CCOC(=O)CNC(=O)NC(CC)COC. The summed E-state index contributed by atoms with van der Waals surface area (Å²) in [5.41, 5.74) is 0. The molecule has 0 aromatic carbocycles. The highest BCUT2D eigenvalue weighted by molar-refractivity contribution is 5.80. The van der Waals surface area contributed by atoms with Crippen LogP contribution in [0.4, 0.5) is 4.79 Å². The first-order chi connectivity index (χ1) is 7.63. The second kappa shape index (κ2) is 8.96. The molecule has 16 heavy (non-hydrogen) atoms. The van der Waals surface area contributed by atoms with Crippen molar-refractivity contribution in [1.29, 1.82) is 0 Å². The summed E-state index contributed by atoms with van der Waals surface area (Å²) in [5.74, 6) is -0.447.